The molecule has 0 heterocycles. The fourth-order valence-corrected chi connectivity index (χ4v) is 6.78. The molecule has 0 fully saturated rings. The molecule has 4 rings (SSSR count). The summed E-state index contributed by atoms with van der Waals surface area (Å²) in [5, 5.41) is 35.4. The Morgan fingerprint density at radius 2 is 0.683 bits per heavy atom. The van der Waals surface area contributed by atoms with E-state index in [0.717, 1.165) is 22.3 Å². The Hall–Kier alpha value is -4.82. The number of hydrogen-bond donors (Lipinski definition) is 8. The Morgan fingerprint density at radius 3 is 0.933 bits per heavy atom. The Morgan fingerprint density at radius 1 is 0.433 bits per heavy atom. The maximum atomic E-state index is 14.0. The van der Waals surface area contributed by atoms with E-state index in [9.17, 15) is 29.4 Å². The van der Waals surface area contributed by atoms with Gasteiger partial charge in [0.15, 0.2) is 0 Å². The van der Waals surface area contributed by atoms with Crippen molar-refractivity contribution in [2.45, 2.75) is 102 Å². The standard InChI is InChI=1S/C46H60N6O6.2ClH/c1-29(2)39(51-43(55)35(47)25-31-17-9-5-10-18-31)45(57)49-37(27-33-21-13-7-14-22-33)41(53)42(54)38(28-34-23-15-8-16-24-34)50-46(58)40(30(3)4)52-44(56)36(48)26-32-19-11-6-12-20-32;;/h5-24,29-30,35-42,53-54H,25-28,47-48H2,1-4H3,(H,49,57)(H,50,58)(H,51,55)(H,52,56);2*1H/t35-,36-,37+,38+,39-,40-,41-,42+;;/m0../s1. The van der Waals surface area contributed by atoms with Crippen LogP contribution in [-0.4, -0.2) is 82.3 Å². The summed E-state index contributed by atoms with van der Waals surface area (Å²) in [6.45, 7) is 7.15. The number of amides is 4. The lowest BCUT2D eigenvalue weighted by Crippen LogP contribution is -2.62. The van der Waals surface area contributed by atoms with E-state index in [1.165, 1.54) is 0 Å². The topological polar surface area (TPSA) is 209 Å². The van der Waals surface area contributed by atoms with Gasteiger partial charge in [-0.1, -0.05) is 149 Å². The molecular formula is C46H62Cl2N6O6. The van der Waals surface area contributed by atoms with Gasteiger partial charge in [0.25, 0.3) is 0 Å². The number of carbonyl (C=O) groups is 4. The van der Waals surface area contributed by atoms with Crippen LogP contribution in [0.4, 0.5) is 0 Å². The van der Waals surface area contributed by atoms with E-state index in [4.69, 9.17) is 11.5 Å². The third-order valence-corrected chi connectivity index (χ3v) is 10.2. The van der Waals surface area contributed by atoms with Crippen molar-refractivity contribution in [2.75, 3.05) is 0 Å². The molecular weight excluding hydrogens is 803 g/mol. The first kappa shape index (κ1) is 51.3. The molecule has 0 aromatic heterocycles. The van der Waals surface area contributed by atoms with Gasteiger partial charge in [0.05, 0.1) is 24.2 Å². The number of halogens is 2. The molecule has 326 valence electrons. The van der Waals surface area contributed by atoms with Crippen LogP contribution in [0.15, 0.2) is 121 Å². The van der Waals surface area contributed by atoms with Gasteiger partial charge < -0.3 is 42.9 Å². The zero-order valence-corrected chi connectivity index (χ0v) is 36.3. The van der Waals surface area contributed by atoms with Crippen LogP contribution in [0, 0.1) is 11.8 Å². The molecule has 10 N–H and O–H groups in total. The van der Waals surface area contributed by atoms with Crippen molar-refractivity contribution in [2.24, 2.45) is 23.3 Å². The Kier molecular flexibility index (Phi) is 22.0. The highest BCUT2D eigenvalue weighted by atomic mass is 35.5. The molecule has 0 aliphatic heterocycles. The van der Waals surface area contributed by atoms with Crippen LogP contribution in [-0.2, 0) is 44.9 Å². The van der Waals surface area contributed by atoms with Crippen LogP contribution >= 0.6 is 24.8 Å². The van der Waals surface area contributed by atoms with Crippen molar-refractivity contribution in [3.8, 4) is 0 Å². The minimum atomic E-state index is -1.60. The third-order valence-electron chi connectivity index (χ3n) is 10.2. The maximum absolute atomic E-state index is 14.0. The number of nitrogens with two attached hydrogens (primary N) is 2. The van der Waals surface area contributed by atoms with E-state index in [1.807, 2.05) is 121 Å². The van der Waals surface area contributed by atoms with Crippen molar-refractivity contribution in [1.82, 2.24) is 21.3 Å². The summed E-state index contributed by atoms with van der Waals surface area (Å²) in [6, 6.07) is 31.0. The predicted octanol–water partition coefficient (Wildman–Crippen LogP) is 3.43. The summed E-state index contributed by atoms with van der Waals surface area (Å²) in [4.78, 5) is 54.6. The number of aliphatic hydroxyl groups excluding tert-OH is 2. The van der Waals surface area contributed by atoms with Gasteiger partial charge in [-0.05, 0) is 59.8 Å². The van der Waals surface area contributed by atoms with E-state index >= 15 is 0 Å². The van der Waals surface area contributed by atoms with E-state index < -0.39 is 72.1 Å². The number of nitrogens with one attached hydrogen (secondary N) is 4. The zero-order valence-electron chi connectivity index (χ0n) is 34.6. The molecule has 0 saturated carbocycles. The van der Waals surface area contributed by atoms with Crippen molar-refractivity contribution in [3.63, 3.8) is 0 Å². The monoisotopic (exact) mass is 864 g/mol. The number of benzene rings is 4. The first-order valence-electron chi connectivity index (χ1n) is 20.0. The summed E-state index contributed by atoms with van der Waals surface area (Å²) in [5.41, 5.74) is 15.8. The second kappa shape index (κ2) is 25.7. The van der Waals surface area contributed by atoms with Gasteiger partial charge in [-0.2, -0.15) is 0 Å². The zero-order chi connectivity index (χ0) is 42.2. The van der Waals surface area contributed by atoms with Crippen LogP contribution in [0.3, 0.4) is 0 Å². The van der Waals surface area contributed by atoms with E-state index in [0.29, 0.717) is 0 Å². The average molecular weight is 866 g/mol. The van der Waals surface area contributed by atoms with E-state index in [2.05, 4.69) is 21.3 Å². The van der Waals surface area contributed by atoms with Gasteiger partial charge in [-0.15, -0.1) is 24.8 Å². The molecule has 8 atom stereocenters. The molecule has 14 heteroatoms. The first-order chi connectivity index (χ1) is 27.7. The molecule has 12 nitrogen and oxygen atoms in total. The highest BCUT2D eigenvalue weighted by Crippen LogP contribution is 2.17. The molecule has 60 heavy (non-hydrogen) atoms. The van der Waals surface area contributed by atoms with Crippen LogP contribution in [0.25, 0.3) is 0 Å². The largest absolute Gasteiger partial charge is 0.388 e. The van der Waals surface area contributed by atoms with Gasteiger partial charge >= 0.3 is 0 Å². The van der Waals surface area contributed by atoms with Gasteiger partial charge in [0.1, 0.15) is 24.3 Å². The molecule has 0 unspecified atom stereocenters. The van der Waals surface area contributed by atoms with Gasteiger partial charge in [0, 0.05) is 0 Å². The second-order valence-electron chi connectivity index (χ2n) is 15.6. The summed E-state index contributed by atoms with van der Waals surface area (Å²) < 4.78 is 0. The molecule has 4 aromatic carbocycles. The normalized spacial score (nSPS) is 15.0. The number of aliphatic hydroxyl groups is 2. The second-order valence-corrected chi connectivity index (χ2v) is 15.6. The molecule has 0 saturated heterocycles. The van der Waals surface area contributed by atoms with Gasteiger partial charge in [-0.25, -0.2) is 0 Å². The molecule has 0 aliphatic rings. The number of rotatable bonds is 21. The van der Waals surface area contributed by atoms with Crippen LogP contribution in [0.1, 0.15) is 49.9 Å². The molecule has 0 bridgehead atoms. The molecule has 4 amide bonds. The van der Waals surface area contributed by atoms with Crippen molar-refractivity contribution >= 4 is 48.4 Å². The lowest BCUT2D eigenvalue weighted by Gasteiger charge is -2.35. The molecule has 4 aromatic rings. The quantitative estimate of drug-likeness (QED) is 0.0621. The highest BCUT2D eigenvalue weighted by molar-refractivity contribution is 5.91. The van der Waals surface area contributed by atoms with Gasteiger partial charge in [-0.3, -0.25) is 19.2 Å². The SMILES string of the molecule is CC(C)[C@H](NC(=O)[C@@H](N)Cc1ccccc1)C(=O)N[C@H](Cc1ccccc1)[C@H](O)[C@H](O)[C@@H](Cc1ccccc1)NC(=O)[C@@H](NC(=O)[C@@H](N)Cc1ccccc1)C(C)C.Cl.Cl. The smallest absolute Gasteiger partial charge is 0.243 e. The minimum absolute atomic E-state index is 0. The highest BCUT2D eigenvalue weighted by Gasteiger charge is 2.38. The van der Waals surface area contributed by atoms with Crippen LogP contribution < -0.4 is 32.7 Å². The van der Waals surface area contributed by atoms with E-state index in [-0.39, 0.29) is 62.3 Å². The van der Waals surface area contributed by atoms with Crippen molar-refractivity contribution in [1.29, 1.82) is 0 Å². The minimum Gasteiger partial charge on any atom is -0.388 e. The Bertz CT molecular complexity index is 1740. The molecule has 0 spiro atoms. The summed E-state index contributed by atoms with van der Waals surface area (Å²) in [6.07, 6.45) is -2.42. The molecule has 0 radical (unpaired) electrons. The number of hydrogen-bond acceptors (Lipinski definition) is 8. The first-order valence-corrected chi connectivity index (χ1v) is 20.0. The Labute approximate surface area is 366 Å². The maximum Gasteiger partial charge on any atom is 0.243 e. The summed E-state index contributed by atoms with van der Waals surface area (Å²) >= 11 is 0. The van der Waals surface area contributed by atoms with Crippen LogP contribution in [0.2, 0.25) is 0 Å². The van der Waals surface area contributed by atoms with Crippen molar-refractivity contribution in [3.05, 3.63) is 144 Å². The van der Waals surface area contributed by atoms with Crippen molar-refractivity contribution < 1.29 is 29.4 Å². The summed E-state index contributed by atoms with van der Waals surface area (Å²) in [7, 11) is 0. The van der Waals surface area contributed by atoms with Gasteiger partial charge in [0.2, 0.25) is 23.6 Å². The predicted molar refractivity (Wildman–Crippen MR) is 240 cm³/mol. The fourth-order valence-electron chi connectivity index (χ4n) is 6.78. The fraction of sp³-hybridized carbons (Fsp3) is 0.391. The lowest BCUT2D eigenvalue weighted by molar-refractivity contribution is -0.133. The summed E-state index contributed by atoms with van der Waals surface area (Å²) in [5.74, 6) is -2.86. The third kappa shape index (κ3) is 16.0. The lowest BCUT2D eigenvalue weighted by atomic mass is 9.90. The Balaban J connectivity index is 0.00000620. The number of carbonyl (C=O) groups excluding carboxylic acids is 4. The molecule has 0 aliphatic carbocycles. The average Bonchev–Trinajstić information content (AvgIpc) is 3.21. The van der Waals surface area contributed by atoms with Crippen LogP contribution in [0.5, 0.6) is 0 Å². The van der Waals surface area contributed by atoms with E-state index in [1.54, 1.807) is 27.7 Å².